The Kier molecular flexibility index (Phi) is 5.37. The van der Waals surface area contributed by atoms with Crippen LogP contribution in [0.2, 0.25) is 0 Å². The summed E-state index contributed by atoms with van der Waals surface area (Å²) in [5.74, 6) is 0. The largest absolute Gasteiger partial charge is 0.294 e. The fourth-order valence-electron chi connectivity index (χ4n) is 0.758. The van der Waals surface area contributed by atoms with Gasteiger partial charge in [0.05, 0.1) is 4.92 Å². The Morgan fingerprint density at radius 3 is 2.36 bits per heavy atom. The summed E-state index contributed by atoms with van der Waals surface area (Å²) in [6.45, 7) is 0. The molecule has 0 amide bonds. The van der Waals surface area contributed by atoms with Crippen molar-refractivity contribution in [2.75, 3.05) is 0 Å². The monoisotopic (exact) mass is 242 g/mol. The summed E-state index contributed by atoms with van der Waals surface area (Å²) < 4.78 is 29.6. The average Bonchev–Trinajstić information content (AvgIpc) is 2.03. The summed E-state index contributed by atoms with van der Waals surface area (Å²) in [5, 5.41) is 10.2. The number of benzene rings is 1. The van der Waals surface area contributed by atoms with Crippen molar-refractivity contribution in [3.63, 3.8) is 0 Å². The molecule has 0 atom stereocenters. The van der Waals surface area contributed by atoms with Crippen molar-refractivity contribution in [3.05, 3.63) is 34.4 Å². The predicted octanol–water partition coefficient (Wildman–Crippen LogP) is 0.461. The summed E-state index contributed by atoms with van der Waals surface area (Å²) in [4.78, 5) is 8.98. The van der Waals surface area contributed by atoms with E-state index in [1.165, 1.54) is 6.07 Å². The number of nitro groups is 1. The van der Waals surface area contributed by atoms with Gasteiger partial charge >= 0.3 is 0 Å². The first-order chi connectivity index (χ1) is 5.91. The van der Waals surface area contributed by atoms with E-state index in [4.69, 9.17) is 4.55 Å². The van der Waals surface area contributed by atoms with E-state index in [1.54, 1.807) is 0 Å². The van der Waals surface area contributed by atoms with Gasteiger partial charge in [-0.3, -0.25) is 14.7 Å². The smallest absolute Gasteiger partial charge is 0.282 e. The van der Waals surface area contributed by atoms with Gasteiger partial charge in [-0.15, -0.1) is 0 Å². The molecule has 8 heteroatoms. The standard InChI is InChI=1S/C6H5NO5S.K/c8-7(9)5-2-1-3-6(4-5)13(10,11)12;/h1-4H,(H,10,11,12);. The molecule has 71 valence electrons. The van der Waals surface area contributed by atoms with Crippen molar-refractivity contribution in [2.24, 2.45) is 0 Å². The molecule has 0 saturated carbocycles. The van der Waals surface area contributed by atoms with Crippen LogP contribution in [0.25, 0.3) is 0 Å². The number of nitrogens with zero attached hydrogens (tertiary/aromatic N) is 1. The van der Waals surface area contributed by atoms with Gasteiger partial charge in [0.1, 0.15) is 4.90 Å². The van der Waals surface area contributed by atoms with Gasteiger partial charge < -0.3 is 0 Å². The first kappa shape index (κ1) is 14.2. The third-order valence-corrected chi connectivity index (χ3v) is 2.18. The molecule has 1 aromatic carbocycles. The van der Waals surface area contributed by atoms with Crippen LogP contribution in [0.4, 0.5) is 5.69 Å². The second-order valence-electron chi connectivity index (χ2n) is 2.23. The number of nitro benzene ring substituents is 1. The summed E-state index contributed by atoms with van der Waals surface area (Å²) in [5.41, 5.74) is -0.380. The quantitative estimate of drug-likeness (QED) is 0.351. The Morgan fingerprint density at radius 2 is 1.93 bits per heavy atom. The van der Waals surface area contributed by atoms with Crippen LogP contribution in [0, 0.1) is 10.1 Å². The molecule has 0 aliphatic heterocycles. The van der Waals surface area contributed by atoms with Crippen LogP contribution in [0.1, 0.15) is 0 Å². The SMILES string of the molecule is O=[N+]([O-])c1cccc(S(=O)(=O)O)c1.[K]. The fraction of sp³-hybridized carbons (Fsp3) is 0. The van der Waals surface area contributed by atoms with Crippen LogP contribution >= 0.6 is 0 Å². The zero-order chi connectivity index (χ0) is 10.1. The Hall–Kier alpha value is 0.166. The molecule has 0 fully saturated rings. The molecule has 0 aliphatic carbocycles. The van der Waals surface area contributed by atoms with Crippen molar-refractivity contribution in [2.45, 2.75) is 4.90 Å². The zero-order valence-corrected chi connectivity index (χ0v) is 11.2. The van der Waals surface area contributed by atoms with Gasteiger partial charge in [0.2, 0.25) is 0 Å². The Morgan fingerprint density at radius 1 is 1.36 bits per heavy atom. The minimum absolute atomic E-state index is 0. The molecule has 6 nitrogen and oxygen atoms in total. The van der Waals surface area contributed by atoms with Crippen molar-refractivity contribution < 1.29 is 17.9 Å². The minimum Gasteiger partial charge on any atom is -0.282 e. The molecule has 0 saturated heterocycles. The summed E-state index contributed by atoms with van der Waals surface area (Å²) in [6.07, 6.45) is 0. The van der Waals surface area contributed by atoms with Crippen LogP contribution in [-0.4, -0.2) is 69.3 Å². The van der Waals surface area contributed by atoms with E-state index < -0.39 is 19.9 Å². The first-order valence-corrected chi connectivity index (χ1v) is 4.57. The maximum absolute atomic E-state index is 10.5. The molecule has 14 heavy (non-hydrogen) atoms. The molecular weight excluding hydrogens is 237 g/mol. The third-order valence-electron chi connectivity index (χ3n) is 1.33. The van der Waals surface area contributed by atoms with Gasteiger partial charge in [0.15, 0.2) is 0 Å². The Bertz CT molecular complexity index is 443. The molecular formula is C6H5KNO5S. The number of hydrogen-bond acceptors (Lipinski definition) is 4. The van der Waals surface area contributed by atoms with E-state index in [2.05, 4.69) is 0 Å². The molecule has 0 aliphatic rings. The van der Waals surface area contributed by atoms with Gasteiger partial charge in [-0.25, -0.2) is 0 Å². The van der Waals surface area contributed by atoms with E-state index in [1.807, 2.05) is 0 Å². The molecule has 1 aromatic rings. The maximum Gasteiger partial charge on any atom is 0.294 e. The molecule has 0 unspecified atom stereocenters. The van der Waals surface area contributed by atoms with E-state index >= 15 is 0 Å². The molecule has 0 heterocycles. The average molecular weight is 242 g/mol. The van der Waals surface area contributed by atoms with Crippen molar-refractivity contribution in [3.8, 4) is 0 Å². The predicted molar refractivity (Wildman–Crippen MR) is 48.7 cm³/mol. The third kappa shape index (κ3) is 3.73. The molecule has 0 bridgehead atoms. The van der Waals surface area contributed by atoms with E-state index in [0.29, 0.717) is 0 Å². The second-order valence-corrected chi connectivity index (χ2v) is 3.65. The van der Waals surface area contributed by atoms with Crippen LogP contribution < -0.4 is 0 Å². The van der Waals surface area contributed by atoms with Gasteiger partial charge in [0.25, 0.3) is 15.8 Å². The summed E-state index contributed by atoms with van der Waals surface area (Å²) >= 11 is 0. The minimum atomic E-state index is -4.36. The molecule has 1 radical (unpaired) electrons. The van der Waals surface area contributed by atoms with Gasteiger partial charge in [-0.2, -0.15) is 8.42 Å². The zero-order valence-electron chi connectivity index (χ0n) is 7.25. The molecule has 1 rings (SSSR count). The summed E-state index contributed by atoms with van der Waals surface area (Å²) in [7, 11) is -4.36. The van der Waals surface area contributed by atoms with Gasteiger partial charge in [0, 0.05) is 63.5 Å². The maximum atomic E-state index is 10.5. The Labute approximate surface area is 123 Å². The Balaban J connectivity index is 0.00000169. The first-order valence-electron chi connectivity index (χ1n) is 3.13. The topological polar surface area (TPSA) is 97.5 Å². The van der Waals surface area contributed by atoms with E-state index in [0.717, 1.165) is 18.2 Å². The van der Waals surface area contributed by atoms with Crippen molar-refractivity contribution >= 4 is 67.2 Å². The van der Waals surface area contributed by atoms with Crippen LogP contribution in [0.5, 0.6) is 0 Å². The second kappa shape index (κ2) is 5.31. The molecule has 0 aromatic heterocycles. The van der Waals surface area contributed by atoms with E-state index in [-0.39, 0.29) is 57.1 Å². The van der Waals surface area contributed by atoms with Crippen LogP contribution in [0.15, 0.2) is 29.2 Å². The van der Waals surface area contributed by atoms with Gasteiger partial charge in [-0.05, 0) is 6.07 Å². The normalized spacial score (nSPS) is 10.4. The van der Waals surface area contributed by atoms with Crippen LogP contribution in [-0.2, 0) is 10.1 Å². The van der Waals surface area contributed by atoms with E-state index in [9.17, 15) is 18.5 Å². The van der Waals surface area contributed by atoms with Crippen molar-refractivity contribution in [1.29, 1.82) is 0 Å². The summed E-state index contributed by atoms with van der Waals surface area (Å²) in [6, 6.07) is 4.17. The van der Waals surface area contributed by atoms with Crippen LogP contribution in [0.3, 0.4) is 0 Å². The number of non-ortho nitro benzene ring substituents is 1. The van der Waals surface area contributed by atoms with Crippen molar-refractivity contribution in [1.82, 2.24) is 0 Å². The number of rotatable bonds is 2. The molecule has 0 spiro atoms. The van der Waals surface area contributed by atoms with Gasteiger partial charge in [-0.1, -0.05) is 6.07 Å². The molecule has 1 N–H and O–H groups in total. The fourth-order valence-corrected chi connectivity index (χ4v) is 1.28. The number of hydrogen-bond donors (Lipinski definition) is 1.